The molecule has 0 atom stereocenters. The third-order valence-electron chi connectivity index (χ3n) is 2.30. The van der Waals surface area contributed by atoms with Gasteiger partial charge in [-0.15, -0.1) is 11.3 Å². The lowest BCUT2D eigenvalue weighted by molar-refractivity contribution is 0.625. The fourth-order valence-electron chi connectivity index (χ4n) is 1.54. The molecule has 0 aliphatic rings. The first kappa shape index (κ1) is 9.42. The minimum absolute atomic E-state index is 0.332. The molecule has 0 amide bonds. The Kier molecular flexibility index (Phi) is 2.15. The van der Waals surface area contributed by atoms with Crippen LogP contribution in [0, 0.1) is 5.82 Å². The number of rotatable bonds is 1. The van der Waals surface area contributed by atoms with E-state index in [-0.39, 0.29) is 5.82 Å². The maximum Gasteiger partial charge on any atom is 0.151 e. The van der Waals surface area contributed by atoms with Crippen LogP contribution in [0.4, 0.5) is 4.39 Å². The van der Waals surface area contributed by atoms with Crippen LogP contribution in [0.5, 0.6) is 0 Å². The highest BCUT2D eigenvalue weighted by molar-refractivity contribution is 7.21. The molecule has 0 N–H and O–H groups in total. The number of benzene rings is 1. The van der Waals surface area contributed by atoms with Gasteiger partial charge in [0.05, 0.1) is 16.4 Å². The Morgan fingerprint density at radius 1 is 1.12 bits per heavy atom. The van der Waals surface area contributed by atoms with Crippen LogP contribution in [0.15, 0.2) is 42.7 Å². The van der Waals surface area contributed by atoms with E-state index in [1.54, 1.807) is 12.3 Å². The van der Waals surface area contributed by atoms with E-state index in [9.17, 15) is 4.39 Å². The number of hydrogen-bond acceptors (Lipinski definition) is 3. The summed E-state index contributed by atoms with van der Waals surface area (Å²) in [5, 5.41) is 0.695. The van der Waals surface area contributed by atoms with Crippen molar-refractivity contribution < 1.29 is 4.39 Å². The minimum atomic E-state index is -0.332. The average Bonchev–Trinajstić information content (AvgIpc) is 2.73. The number of fused-ring (bicyclic) bond motifs is 1. The molecule has 1 aromatic carbocycles. The number of aromatic nitrogens is 2. The predicted octanol–water partition coefficient (Wildman–Crippen LogP) is 3.50. The van der Waals surface area contributed by atoms with Crippen molar-refractivity contribution >= 4 is 21.6 Å². The monoisotopic (exact) mass is 230 g/mol. The van der Waals surface area contributed by atoms with Crippen LogP contribution in [0.3, 0.4) is 0 Å². The molecule has 78 valence electrons. The molecule has 0 unspecified atom stereocenters. The lowest BCUT2D eigenvalue weighted by Crippen LogP contribution is -1.83. The Morgan fingerprint density at radius 3 is 2.81 bits per heavy atom. The molecule has 0 saturated carbocycles. The summed E-state index contributed by atoms with van der Waals surface area (Å²) in [6.07, 6.45) is 2.78. The van der Waals surface area contributed by atoms with Gasteiger partial charge in [-0.3, -0.25) is 4.98 Å². The summed E-state index contributed by atoms with van der Waals surface area (Å²) in [6.45, 7) is 0. The van der Waals surface area contributed by atoms with Gasteiger partial charge in [-0.1, -0.05) is 12.1 Å². The van der Waals surface area contributed by atoms with Crippen LogP contribution >= 0.6 is 11.3 Å². The van der Waals surface area contributed by atoms with Gasteiger partial charge in [-0.2, -0.15) is 0 Å². The smallest absolute Gasteiger partial charge is 0.151 e. The van der Waals surface area contributed by atoms with Crippen LogP contribution in [0.1, 0.15) is 0 Å². The summed E-state index contributed by atoms with van der Waals surface area (Å²) >= 11 is 1.49. The van der Waals surface area contributed by atoms with Gasteiger partial charge < -0.3 is 0 Å². The molecule has 16 heavy (non-hydrogen) atoms. The molecule has 2 nitrogen and oxygen atoms in total. The molecule has 0 saturated heterocycles. The van der Waals surface area contributed by atoms with Crippen molar-refractivity contribution in [3.05, 3.63) is 48.5 Å². The first-order valence-corrected chi connectivity index (χ1v) is 5.62. The minimum Gasteiger partial charge on any atom is -0.262 e. The topological polar surface area (TPSA) is 25.8 Å². The van der Waals surface area contributed by atoms with Crippen LogP contribution in [0.25, 0.3) is 20.8 Å². The maximum absolute atomic E-state index is 13.5. The van der Waals surface area contributed by atoms with Crippen molar-refractivity contribution in [2.24, 2.45) is 0 Å². The van der Waals surface area contributed by atoms with E-state index < -0.39 is 0 Å². The Labute approximate surface area is 95.4 Å². The fourth-order valence-corrected chi connectivity index (χ4v) is 2.53. The number of thiazole rings is 1. The highest BCUT2D eigenvalue weighted by Gasteiger charge is 2.09. The lowest BCUT2D eigenvalue weighted by Gasteiger charge is -1.95. The van der Waals surface area contributed by atoms with Crippen molar-refractivity contribution in [2.45, 2.75) is 0 Å². The summed E-state index contributed by atoms with van der Waals surface area (Å²) in [5.41, 5.74) is 1.41. The number of hydrogen-bond donors (Lipinski definition) is 0. The van der Waals surface area contributed by atoms with Gasteiger partial charge in [0.1, 0.15) is 5.01 Å². The summed E-state index contributed by atoms with van der Waals surface area (Å²) in [4.78, 5) is 8.12. The quantitative estimate of drug-likeness (QED) is 0.639. The van der Waals surface area contributed by atoms with E-state index in [4.69, 9.17) is 0 Å². The van der Waals surface area contributed by atoms with Crippen LogP contribution in [0.2, 0.25) is 0 Å². The van der Waals surface area contributed by atoms with Crippen LogP contribution in [-0.2, 0) is 0 Å². The molecule has 2 heterocycles. The van der Waals surface area contributed by atoms with Crippen LogP contribution < -0.4 is 0 Å². The van der Waals surface area contributed by atoms with Gasteiger partial charge >= 0.3 is 0 Å². The van der Waals surface area contributed by atoms with Gasteiger partial charge in [0.15, 0.2) is 5.82 Å². The fraction of sp³-hybridized carbons (Fsp3) is 0. The number of para-hydroxylation sites is 1. The van der Waals surface area contributed by atoms with Crippen molar-refractivity contribution in [3.63, 3.8) is 0 Å². The van der Waals surface area contributed by atoms with E-state index in [1.807, 2.05) is 24.3 Å². The van der Waals surface area contributed by atoms with Gasteiger partial charge in [-0.05, 0) is 18.2 Å². The highest BCUT2D eigenvalue weighted by Crippen LogP contribution is 2.30. The van der Waals surface area contributed by atoms with E-state index in [0.717, 1.165) is 10.2 Å². The van der Waals surface area contributed by atoms with Crippen molar-refractivity contribution in [1.29, 1.82) is 0 Å². The van der Waals surface area contributed by atoms with Crippen molar-refractivity contribution in [1.82, 2.24) is 9.97 Å². The Balaban J connectivity index is 2.23. The summed E-state index contributed by atoms with van der Waals surface area (Å²) in [7, 11) is 0. The van der Waals surface area contributed by atoms with E-state index in [0.29, 0.717) is 10.6 Å². The van der Waals surface area contributed by atoms with Gasteiger partial charge in [0.25, 0.3) is 0 Å². The van der Waals surface area contributed by atoms with Gasteiger partial charge in [0, 0.05) is 11.8 Å². The van der Waals surface area contributed by atoms with E-state index in [2.05, 4.69) is 9.97 Å². The van der Waals surface area contributed by atoms with Gasteiger partial charge in [-0.25, -0.2) is 9.37 Å². The zero-order valence-corrected chi connectivity index (χ0v) is 9.04. The second-order valence-electron chi connectivity index (χ2n) is 3.34. The molecule has 0 aliphatic carbocycles. The summed E-state index contributed by atoms with van der Waals surface area (Å²) in [5.74, 6) is -0.332. The lowest BCUT2D eigenvalue weighted by atomic mass is 10.3. The first-order valence-electron chi connectivity index (χ1n) is 4.80. The Hall–Kier alpha value is -1.81. The van der Waals surface area contributed by atoms with E-state index in [1.165, 1.54) is 17.5 Å². The molecule has 0 bridgehead atoms. The zero-order chi connectivity index (χ0) is 11.0. The predicted molar refractivity (Wildman–Crippen MR) is 62.8 cm³/mol. The third kappa shape index (κ3) is 1.47. The largest absolute Gasteiger partial charge is 0.262 e. The Morgan fingerprint density at radius 2 is 2.00 bits per heavy atom. The summed E-state index contributed by atoms with van der Waals surface area (Å²) in [6, 6.07) is 9.43. The SMILES string of the molecule is Fc1cnccc1-c1nc2ccccc2s1. The van der Waals surface area contributed by atoms with Crippen molar-refractivity contribution in [2.75, 3.05) is 0 Å². The average molecular weight is 230 g/mol. The first-order chi connectivity index (χ1) is 7.84. The number of halogens is 1. The molecular weight excluding hydrogens is 223 g/mol. The molecule has 0 spiro atoms. The molecule has 4 heteroatoms. The van der Waals surface area contributed by atoms with Crippen molar-refractivity contribution in [3.8, 4) is 10.6 Å². The third-order valence-corrected chi connectivity index (χ3v) is 3.37. The molecule has 0 radical (unpaired) electrons. The molecule has 0 fully saturated rings. The zero-order valence-electron chi connectivity index (χ0n) is 8.22. The number of pyridine rings is 1. The van der Waals surface area contributed by atoms with E-state index >= 15 is 0 Å². The standard InChI is InChI=1S/C12H7FN2S/c13-9-7-14-6-5-8(9)12-15-10-3-1-2-4-11(10)16-12/h1-7H. The van der Waals surface area contributed by atoms with Gasteiger partial charge in [0.2, 0.25) is 0 Å². The number of nitrogens with zero attached hydrogens (tertiary/aromatic N) is 2. The Bertz CT molecular complexity index is 615. The second kappa shape index (κ2) is 3.64. The molecular formula is C12H7FN2S. The normalized spacial score (nSPS) is 10.8. The molecule has 3 aromatic rings. The molecule has 2 aromatic heterocycles. The van der Waals surface area contributed by atoms with Crippen LogP contribution in [-0.4, -0.2) is 9.97 Å². The highest BCUT2D eigenvalue weighted by atomic mass is 32.1. The molecule has 3 rings (SSSR count). The maximum atomic E-state index is 13.5. The summed E-state index contributed by atoms with van der Waals surface area (Å²) < 4.78 is 14.6. The molecule has 0 aliphatic heterocycles. The second-order valence-corrected chi connectivity index (χ2v) is 4.37.